The topological polar surface area (TPSA) is 257 Å². The second-order valence-electron chi connectivity index (χ2n) is 18.3. The zero-order valence-corrected chi connectivity index (χ0v) is 36.4. The van der Waals surface area contributed by atoms with Crippen molar-refractivity contribution in [2.75, 3.05) is 6.26 Å². The summed E-state index contributed by atoms with van der Waals surface area (Å²) in [6.07, 6.45) is -7.94. The van der Waals surface area contributed by atoms with E-state index in [4.69, 9.17) is 33.2 Å². The first-order valence-electron chi connectivity index (χ1n) is 21.5. The number of ether oxygens (including phenoxy) is 7. The molecule has 17 atom stereocenters. The third kappa shape index (κ3) is 7.74. The number of Topliss-reactive ketones (excluding diaryl/α,β-unsaturated/α-hetero) is 3. The number of hydrogen-bond donors (Lipinski definition) is 7. The van der Waals surface area contributed by atoms with Gasteiger partial charge in [0.2, 0.25) is 0 Å². The zero-order valence-electron chi connectivity index (χ0n) is 35.6. The van der Waals surface area contributed by atoms with E-state index in [0.29, 0.717) is 12.8 Å². The number of hydrogen-bond acceptors (Lipinski definition) is 18. The van der Waals surface area contributed by atoms with E-state index in [2.05, 4.69) is 0 Å². The summed E-state index contributed by atoms with van der Waals surface area (Å²) in [5.41, 5.74) is -7.62. The lowest BCUT2D eigenvalue weighted by Gasteiger charge is -2.56. The Bertz CT molecular complexity index is 2010. The maximum absolute atomic E-state index is 14.9. The molecule has 5 fully saturated rings. The van der Waals surface area contributed by atoms with Crippen LogP contribution in [0.4, 0.5) is 0 Å². The Morgan fingerprint density at radius 2 is 1.40 bits per heavy atom. The number of benzene rings is 1. The van der Waals surface area contributed by atoms with Crippen LogP contribution in [0.25, 0.3) is 0 Å². The van der Waals surface area contributed by atoms with E-state index >= 15 is 0 Å². The number of rotatable bonds is 8. The predicted molar refractivity (Wildman–Crippen MR) is 217 cm³/mol. The standard InChI is InChI=1S/C44H58O17S/c1-18-25(45)9-11-33(56-18)61-44-30(47)16-42(5,53)17-43(44,54)31(62-6)13-24-36(44)41(52)23-8-7-22(39(50)35(23)40(24)51)28-15-29(38(49)21(4)55-28)60-32-12-10-27(19(2)57-32)59-34-14-26(46)37(48)20(3)58-34/h7-8,13,18-21,25-29,32-34,37-38,45-46,48-50,53-54H,9-12,14-17H2,1-6H3/t18?,19?,20?,21?,25?,26?,27?,28?,29?,32?,33?,34?,37?,38?,42-,43+,44-/m0/s1. The number of aliphatic hydroxyl groups excluding tert-OH is 4. The van der Waals surface area contributed by atoms with Gasteiger partial charge in [-0.05, 0) is 65.9 Å². The number of aliphatic hydroxyl groups is 6. The number of allylic oxidation sites excluding steroid dienone is 2. The highest BCUT2D eigenvalue weighted by atomic mass is 32.2. The Labute approximate surface area is 363 Å². The third-order valence-electron chi connectivity index (χ3n) is 13.7. The summed E-state index contributed by atoms with van der Waals surface area (Å²) in [5.74, 6) is -3.02. The molecule has 4 heterocycles. The van der Waals surface area contributed by atoms with Crippen LogP contribution in [0.15, 0.2) is 34.3 Å². The van der Waals surface area contributed by atoms with E-state index in [1.807, 2.05) is 6.92 Å². The minimum absolute atomic E-state index is 0.0274. The van der Waals surface area contributed by atoms with Crippen LogP contribution in [0, 0.1) is 0 Å². The minimum Gasteiger partial charge on any atom is -0.507 e. The largest absolute Gasteiger partial charge is 0.507 e. The van der Waals surface area contributed by atoms with E-state index in [1.54, 1.807) is 27.0 Å². The minimum atomic E-state index is -2.50. The molecule has 1 aromatic carbocycles. The smallest absolute Gasteiger partial charge is 0.198 e. The molecular weight excluding hydrogens is 833 g/mol. The van der Waals surface area contributed by atoms with Gasteiger partial charge in [0.25, 0.3) is 0 Å². The van der Waals surface area contributed by atoms with Gasteiger partial charge in [-0.2, -0.15) is 0 Å². The van der Waals surface area contributed by atoms with Gasteiger partial charge in [0.1, 0.15) is 23.6 Å². The summed E-state index contributed by atoms with van der Waals surface area (Å²) < 4.78 is 43.0. The van der Waals surface area contributed by atoms with Gasteiger partial charge in [0.05, 0.1) is 71.7 Å². The summed E-state index contributed by atoms with van der Waals surface area (Å²) in [7, 11) is 0. The second kappa shape index (κ2) is 17.0. The fraction of sp³-hybridized carbons (Fsp3) is 0.705. The molecule has 0 spiro atoms. The molecule has 0 amide bonds. The van der Waals surface area contributed by atoms with E-state index < -0.39 is 144 Å². The number of ketones is 3. The maximum Gasteiger partial charge on any atom is 0.198 e. The molecule has 4 saturated heterocycles. The Balaban J connectivity index is 1.06. The monoisotopic (exact) mass is 890 g/mol. The van der Waals surface area contributed by atoms with Gasteiger partial charge in [-0.25, -0.2) is 0 Å². The van der Waals surface area contributed by atoms with Crippen molar-refractivity contribution in [2.24, 2.45) is 0 Å². The van der Waals surface area contributed by atoms with Crippen molar-refractivity contribution >= 4 is 29.1 Å². The first-order valence-corrected chi connectivity index (χ1v) is 22.7. The first-order chi connectivity index (χ1) is 29.2. The highest BCUT2D eigenvalue weighted by Gasteiger charge is 2.71. The van der Waals surface area contributed by atoms with Gasteiger partial charge in [-0.15, -0.1) is 11.8 Å². The number of phenols is 1. The Kier molecular flexibility index (Phi) is 12.6. The number of fused-ring (bicyclic) bond motifs is 3. The van der Waals surface area contributed by atoms with Crippen LogP contribution in [0.1, 0.15) is 118 Å². The van der Waals surface area contributed by atoms with Crippen molar-refractivity contribution in [1.29, 1.82) is 0 Å². The van der Waals surface area contributed by atoms with E-state index in [0.717, 1.165) is 11.8 Å². The van der Waals surface area contributed by atoms with Gasteiger partial charge in [0, 0.05) is 60.1 Å². The first kappa shape index (κ1) is 45.9. The van der Waals surface area contributed by atoms with Crippen LogP contribution in [-0.4, -0.2) is 156 Å². The van der Waals surface area contributed by atoms with Gasteiger partial charge in [-0.1, -0.05) is 6.07 Å². The van der Waals surface area contributed by atoms with Gasteiger partial charge >= 0.3 is 0 Å². The van der Waals surface area contributed by atoms with Crippen LogP contribution >= 0.6 is 11.8 Å². The van der Waals surface area contributed by atoms with Crippen LogP contribution in [-0.2, 0) is 38.0 Å². The third-order valence-corrected chi connectivity index (χ3v) is 14.6. The lowest BCUT2D eigenvalue weighted by atomic mass is 9.57. The van der Waals surface area contributed by atoms with Crippen molar-refractivity contribution in [1.82, 2.24) is 0 Å². The highest BCUT2D eigenvalue weighted by Crippen LogP contribution is 2.58. The van der Waals surface area contributed by atoms with Crippen LogP contribution in [0.2, 0.25) is 0 Å². The molecule has 14 unspecified atom stereocenters. The molecule has 7 aliphatic rings. The molecule has 0 bridgehead atoms. The van der Waals surface area contributed by atoms with E-state index in [9.17, 15) is 50.1 Å². The van der Waals surface area contributed by atoms with Crippen molar-refractivity contribution in [3.63, 3.8) is 0 Å². The van der Waals surface area contributed by atoms with Gasteiger partial charge < -0.3 is 68.9 Å². The van der Waals surface area contributed by atoms with Gasteiger partial charge in [-0.3, -0.25) is 14.4 Å². The molecule has 17 nitrogen and oxygen atoms in total. The molecule has 4 aliphatic heterocycles. The molecule has 18 heteroatoms. The summed E-state index contributed by atoms with van der Waals surface area (Å²) in [5, 5.41) is 77.8. The van der Waals surface area contributed by atoms with Crippen LogP contribution < -0.4 is 0 Å². The summed E-state index contributed by atoms with van der Waals surface area (Å²) in [6, 6.07) is 2.79. The van der Waals surface area contributed by atoms with Crippen LogP contribution in [0.3, 0.4) is 0 Å². The molecule has 7 N–H and O–H groups in total. The number of thioether (sulfide) groups is 1. The summed E-state index contributed by atoms with van der Waals surface area (Å²) in [6.45, 7) is 8.15. The molecule has 0 aromatic heterocycles. The normalized spacial score (nSPS) is 45.0. The number of carbonyl (C=O) groups excluding carboxylic acids is 3. The molecular formula is C44H58O17S. The molecule has 8 rings (SSSR count). The molecule has 1 aromatic rings. The summed E-state index contributed by atoms with van der Waals surface area (Å²) in [4.78, 5) is 44.3. The fourth-order valence-electron chi connectivity index (χ4n) is 10.3. The molecule has 62 heavy (non-hydrogen) atoms. The molecule has 0 radical (unpaired) electrons. The van der Waals surface area contributed by atoms with Crippen molar-refractivity contribution in [3.05, 3.63) is 51.0 Å². The van der Waals surface area contributed by atoms with Crippen molar-refractivity contribution in [3.8, 4) is 5.75 Å². The maximum atomic E-state index is 14.9. The van der Waals surface area contributed by atoms with E-state index in [-0.39, 0.29) is 52.9 Å². The number of aromatic hydroxyl groups is 1. The van der Waals surface area contributed by atoms with Crippen LogP contribution in [0.5, 0.6) is 5.75 Å². The molecule has 342 valence electrons. The highest BCUT2D eigenvalue weighted by molar-refractivity contribution is 8.02. The summed E-state index contributed by atoms with van der Waals surface area (Å²) >= 11 is 1.02. The average Bonchev–Trinajstić information content (AvgIpc) is 3.19. The van der Waals surface area contributed by atoms with Gasteiger partial charge in [0.15, 0.2) is 41.8 Å². The number of phenolic OH excluding ortho intramolecular Hbond substituents is 1. The van der Waals surface area contributed by atoms with E-state index in [1.165, 1.54) is 25.1 Å². The average molecular weight is 891 g/mol. The zero-order chi connectivity index (χ0) is 44.8. The molecule has 3 aliphatic carbocycles. The quantitative estimate of drug-likeness (QED) is 0.197. The predicted octanol–water partition coefficient (Wildman–Crippen LogP) is 2.18. The lowest BCUT2D eigenvalue weighted by Crippen LogP contribution is -2.72. The van der Waals surface area contributed by atoms with Crippen molar-refractivity contribution in [2.45, 2.75) is 189 Å². The Morgan fingerprint density at radius 3 is 2.08 bits per heavy atom. The fourth-order valence-corrected chi connectivity index (χ4v) is 11.1. The Morgan fingerprint density at radius 1 is 0.742 bits per heavy atom. The molecule has 1 saturated carbocycles. The number of carbonyl (C=O) groups is 3. The second-order valence-corrected chi connectivity index (χ2v) is 19.1. The Hall–Kier alpha value is -2.66. The van der Waals surface area contributed by atoms with Crippen molar-refractivity contribution < 1.29 is 83.3 Å². The SMILES string of the molecule is CSC1=CC2=C(C(=O)c3ccc(C4CC(OC5CCC(OC6CC(O)C(O)C(C)O6)C(C)O5)C(O)C(C)O4)c(O)c3C2=O)[C@@]2(OC3CCC(O)C(C)O3)C(=O)C[C@](C)(O)C[C@@]12O. The lowest BCUT2D eigenvalue weighted by molar-refractivity contribution is -0.306.